The Morgan fingerprint density at radius 1 is 1.05 bits per heavy atom. The first kappa shape index (κ1) is 28.7. The van der Waals surface area contributed by atoms with Gasteiger partial charge in [0, 0.05) is 32.3 Å². The van der Waals surface area contributed by atoms with Gasteiger partial charge in [-0.25, -0.2) is 14.2 Å². The fraction of sp³-hybridized carbons (Fsp3) is 0.464. The van der Waals surface area contributed by atoms with Gasteiger partial charge >= 0.3 is 11.9 Å². The number of nitrogens with zero attached hydrogens (tertiary/aromatic N) is 3. The number of hydrogen-bond acceptors (Lipinski definition) is 7. The van der Waals surface area contributed by atoms with Crippen LogP contribution in [-0.4, -0.2) is 66.5 Å². The van der Waals surface area contributed by atoms with Crippen molar-refractivity contribution >= 4 is 29.4 Å². The highest BCUT2D eigenvalue weighted by Crippen LogP contribution is 2.25. The number of aromatic nitrogens is 1. The summed E-state index contributed by atoms with van der Waals surface area (Å²) in [5.41, 5.74) is 1.65. The van der Waals surface area contributed by atoms with Crippen molar-refractivity contribution in [1.29, 1.82) is 0 Å². The van der Waals surface area contributed by atoms with E-state index in [4.69, 9.17) is 9.47 Å². The maximum Gasteiger partial charge on any atom is 0.359 e. The van der Waals surface area contributed by atoms with E-state index in [1.165, 1.54) is 23.2 Å². The lowest BCUT2D eigenvalue weighted by molar-refractivity contribution is -0.145. The van der Waals surface area contributed by atoms with Gasteiger partial charge in [-0.15, -0.1) is 0 Å². The molecule has 10 heteroatoms. The molecule has 0 atom stereocenters. The van der Waals surface area contributed by atoms with E-state index >= 15 is 0 Å². The van der Waals surface area contributed by atoms with Crippen LogP contribution < -0.4 is 4.90 Å². The summed E-state index contributed by atoms with van der Waals surface area (Å²) in [6.45, 7) is 4.82. The third-order valence-corrected chi connectivity index (χ3v) is 6.14. The Labute approximate surface area is 221 Å². The number of esters is 2. The molecule has 9 nitrogen and oxygen atoms in total. The van der Waals surface area contributed by atoms with E-state index in [0.717, 1.165) is 18.4 Å². The second kappa shape index (κ2) is 14.2. The molecule has 0 aliphatic carbocycles. The molecule has 0 spiro atoms. The molecular weight excluding hydrogens is 493 g/mol. The Kier molecular flexibility index (Phi) is 10.7. The van der Waals surface area contributed by atoms with Crippen molar-refractivity contribution in [3.05, 3.63) is 59.2 Å². The number of carbonyl (C=O) groups is 4. The van der Waals surface area contributed by atoms with Crippen molar-refractivity contribution in [3.63, 3.8) is 0 Å². The summed E-state index contributed by atoms with van der Waals surface area (Å²) in [7, 11) is 0. The third-order valence-electron chi connectivity index (χ3n) is 6.14. The van der Waals surface area contributed by atoms with Crippen molar-refractivity contribution < 1.29 is 33.0 Å². The molecule has 38 heavy (non-hydrogen) atoms. The molecule has 1 fully saturated rings. The molecule has 2 amide bonds. The minimum Gasteiger partial charge on any atom is -0.466 e. The SMILES string of the molecule is CCOC(=O)CC(=O)N(CCCN1CCCCC1=O)c1cc(Cc2ccc(F)cc2)cnc1C(=O)OCC. The zero-order valence-electron chi connectivity index (χ0n) is 21.9. The number of anilines is 1. The highest BCUT2D eigenvalue weighted by Gasteiger charge is 2.27. The first-order valence-electron chi connectivity index (χ1n) is 13.0. The average molecular weight is 528 g/mol. The van der Waals surface area contributed by atoms with Gasteiger partial charge in [-0.1, -0.05) is 12.1 Å². The number of amides is 2. The lowest BCUT2D eigenvalue weighted by atomic mass is 10.0. The van der Waals surface area contributed by atoms with Gasteiger partial charge in [0.15, 0.2) is 5.69 Å². The number of piperidine rings is 1. The van der Waals surface area contributed by atoms with Crippen LogP contribution in [0.4, 0.5) is 10.1 Å². The van der Waals surface area contributed by atoms with Crippen LogP contribution in [-0.2, 0) is 30.3 Å². The lowest BCUT2D eigenvalue weighted by Crippen LogP contribution is -2.40. The van der Waals surface area contributed by atoms with Gasteiger partial charge in [0.1, 0.15) is 12.2 Å². The number of halogens is 1. The quantitative estimate of drug-likeness (QED) is 0.306. The number of pyridine rings is 1. The van der Waals surface area contributed by atoms with Crippen molar-refractivity contribution in [2.24, 2.45) is 0 Å². The first-order valence-corrected chi connectivity index (χ1v) is 13.0. The fourth-order valence-electron chi connectivity index (χ4n) is 4.32. The highest BCUT2D eigenvalue weighted by atomic mass is 19.1. The third kappa shape index (κ3) is 8.09. The molecule has 3 rings (SSSR count). The van der Waals surface area contributed by atoms with Crippen LogP contribution in [0.15, 0.2) is 36.5 Å². The summed E-state index contributed by atoms with van der Waals surface area (Å²) >= 11 is 0. The predicted molar refractivity (Wildman–Crippen MR) is 138 cm³/mol. The molecular formula is C28H34FN3O6. The molecule has 1 aromatic carbocycles. The monoisotopic (exact) mass is 527 g/mol. The molecule has 0 unspecified atom stereocenters. The van der Waals surface area contributed by atoms with E-state index in [0.29, 0.717) is 37.9 Å². The highest BCUT2D eigenvalue weighted by molar-refractivity contribution is 6.06. The van der Waals surface area contributed by atoms with Crippen LogP contribution in [0.5, 0.6) is 0 Å². The molecule has 204 valence electrons. The van der Waals surface area contributed by atoms with Gasteiger partial charge in [0.25, 0.3) is 0 Å². The molecule has 1 aliphatic heterocycles. The Balaban J connectivity index is 1.92. The van der Waals surface area contributed by atoms with E-state index in [-0.39, 0.29) is 42.9 Å². The maximum atomic E-state index is 13.4. The standard InChI is InChI=1S/C28H34FN3O6/c1-3-37-26(35)18-25(34)32(15-7-14-31-13-6-5-8-24(31)33)23-17-21(16-20-9-11-22(29)12-10-20)19-30-27(23)28(36)38-4-2/h9-12,17,19H,3-8,13-16,18H2,1-2H3. The number of carbonyl (C=O) groups excluding carboxylic acids is 4. The lowest BCUT2D eigenvalue weighted by Gasteiger charge is -2.29. The van der Waals surface area contributed by atoms with Gasteiger partial charge < -0.3 is 19.3 Å². The normalized spacial score (nSPS) is 13.2. The minimum atomic E-state index is -0.698. The van der Waals surface area contributed by atoms with Crippen LogP contribution in [0.2, 0.25) is 0 Å². The minimum absolute atomic E-state index is 0.0547. The Bertz CT molecular complexity index is 1140. The molecule has 1 aromatic heterocycles. The van der Waals surface area contributed by atoms with E-state index in [1.807, 2.05) is 0 Å². The molecule has 1 aliphatic rings. The molecule has 0 radical (unpaired) electrons. The van der Waals surface area contributed by atoms with Gasteiger partial charge in [-0.2, -0.15) is 0 Å². The number of ether oxygens (including phenoxy) is 2. The number of benzene rings is 1. The van der Waals surface area contributed by atoms with E-state index in [9.17, 15) is 23.6 Å². The molecule has 0 saturated carbocycles. The van der Waals surface area contributed by atoms with E-state index in [2.05, 4.69) is 4.98 Å². The molecule has 0 N–H and O–H groups in total. The van der Waals surface area contributed by atoms with Gasteiger partial charge in [-0.3, -0.25) is 14.4 Å². The zero-order chi connectivity index (χ0) is 27.5. The first-order chi connectivity index (χ1) is 18.3. The van der Waals surface area contributed by atoms with Crippen LogP contribution in [0.1, 0.15) is 67.6 Å². The summed E-state index contributed by atoms with van der Waals surface area (Å²) in [6, 6.07) is 7.67. The molecule has 2 aromatic rings. The largest absolute Gasteiger partial charge is 0.466 e. The summed E-state index contributed by atoms with van der Waals surface area (Å²) in [5.74, 6) is -2.21. The second-order valence-corrected chi connectivity index (χ2v) is 8.95. The van der Waals surface area contributed by atoms with Crippen molar-refractivity contribution in [2.75, 3.05) is 37.7 Å². The molecule has 0 bridgehead atoms. The summed E-state index contributed by atoms with van der Waals surface area (Å²) in [5, 5.41) is 0. The zero-order valence-corrected chi connectivity index (χ0v) is 21.9. The smallest absolute Gasteiger partial charge is 0.359 e. The number of rotatable bonds is 12. The van der Waals surface area contributed by atoms with Crippen LogP contribution >= 0.6 is 0 Å². The average Bonchev–Trinajstić information content (AvgIpc) is 2.89. The number of likely N-dealkylation sites (tertiary alicyclic amines) is 1. The van der Waals surface area contributed by atoms with Crippen molar-refractivity contribution in [2.45, 2.75) is 52.4 Å². The van der Waals surface area contributed by atoms with Crippen molar-refractivity contribution in [1.82, 2.24) is 9.88 Å². The topological polar surface area (TPSA) is 106 Å². The summed E-state index contributed by atoms with van der Waals surface area (Å²) in [4.78, 5) is 57.9. The van der Waals surface area contributed by atoms with Gasteiger partial charge in [0.2, 0.25) is 11.8 Å². The Morgan fingerprint density at radius 2 is 1.79 bits per heavy atom. The number of hydrogen-bond donors (Lipinski definition) is 0. The molecule has 1 saturated heterocycles. The van der Waals surface area contributed by atoms with E-state index in [1.54, 1.807) is 36.9 Å². The predicted octanol–water partition coefficient (Wildman–Crippen LogP) is 3.68. The fourth-order valence-corrected chi connectivity index (χ4v) is 4.32. The Morgan fingerprint density at radius 3 is 2.47 bits per heavy atom. The second-order valence-electron chi connectivity index (χ2n) is 8.95. The van der Waals surface area contributed by atoms with E-state index < -0.39 is 24.3 Å². The molecule has 2 heterocycles. The van der Waals surface area contributed by atoms with Crippen LogP contribution in [0.25, 0.3) is 0 Å². The summed E-state index contributed by atoms with van der Waals surface area (Å²) in [6.07, 6.45) is 4.12. The summed E-state index contributed by atoms with van der Waals surface area (Å²) < 4.78 is 23.5. The van der Waals surface area contributed by atoms with Crippen molar-refractivity contribution in [3.8, 4) is 0 Å². The maximum absolute atomic E-state index is 13.4. The van der Waals surface area contributed by atoms with Gasteiger partial charge in [0.05, 0.1) is 18.9 Å². The van der Waals surface area contributed by atoms with Crippen LogP contribution in [0.3, 0.4) is 0 Å². The van der Waals surface area contributed by atoms with Gasteiger partial charge in [-0.05, 0) is 68.9 Å². The Hall–Kier alpha value is -3.82. The van der Waals surface area contributed by atoms with Crippen LogP contribution in [0, 0.1) is 5.82 Å².